The summed E-state index contributed by atoms with van der Waals surface area (Å²) < 4.78 is 0. The first kappa shape index (κ1) is 17.0. The fourth-order valence-electron chi connectivity index (χ4n) is 6.94. The van der Waals surface area contributed by atoms with Crippen LogP contribution in [0.5, 0.6) is 0 Å². The van der Waals surface area contributed by atoms with E-state index in [0.29, 0.717) is 17.8 Å². The second-order valence-electron chi connectivity index (χ2n) is 9.23. The minimum Gasteiger partial charge on any atom is -0.393 e. The highest BCUT2D eigenvalue weighted by molar-refractivity contribution is 6.30. The van der Waals surface area contributed by atoms with Gasteiger partial charge in [0, 0.05) is 10.8 Å². The van der Waals surface area contributed by atoms with Crippen LogP contribution < -0.4 is 0 Å². The molecule has 0 amide bonds. The molecule has 3 heteroatoms. The molecule has 4 aliphatic carbocycles. The minimum atomic E-state index is -0.919. The maximum atomic E-state index is 11.2. The molecule has 4 aliphatic rings. The minimum absolute atomic E-state index is 0.133. The van der Waals surface area contributed by atoms with Gasteiger partial charge < -0.3 is 10.2 Å². The van der Waals surface area contributed by atoms with Crippen molar-refractivity contribution in [2.75, 3.05) is 0 Å². The van der Waals surface area contributed by atoms with Crippen molar-refractivity contribution in [2.45, 2.75) is 76.9 Å². The quantitative estimate of drug-likeness (QED) is 0.507. The molecule has 0 bridgehead atoms. The van der Waals surface area contributed by atoms with Crippen LogP contribution in [-0.2, 0) is 0 Å². The first-order valence-corrected chi connectivity index (χ1v) is 9.95. The lowest BCUT2D eigenvalue weighted by molar-refractivity contribution is -0.0970. The van der Waals surface area contributed by atoms with Gasteiger partial charge in [0.1, 0.15) is 5.60 Å². The molecule has 0 unspecified atom stereocenters. The highest BCUT2D eigenvalue weighted by Crippen LogP contribution is 2.67. The number of aliphatic hydroxyl groups is 2. The summed E-state index contributed by atoms with van der Waals surface area (Å²) in [6.07, 6.45) is 10.3. The van der Waals surface area contributed by atoms with Crippen LogP contribution in [0.15, 0.2) is 11.6 Å². The van der Waals surface area contributed by atoms with Gasteiger partial charge in [-0.1, -0.05) is 31.4 Å². The fraction of sp³-hybridized carbons (Fsp3) is 0.810. The van der Waals surface area contributed by atoms with Crippen molar-refractivity contribution in [1.29, 1.82) is 0 Å². The number of hydrogen-bond donors (Lipinski definition) is 2. The lowest BCUT2D eigenvalue weighted by Gasteiger charge is -2.58. The van der Waals surface area contributed by atoms with Gasteiger partial charge >= 0.3 is 0 Å². The van der Waals surface area contributed by atoms with Gasteiger partial charge in [-0.3, -0.25) is 0 Å². The largest absolute Gasteiger partial charge is 0.393 e. The Labute approximate surface area is 150 Å². The van der Waals surface area contributed by atoms with Crippen molar-refractivity contribution in [1.82, 2.24) is 0 Å². The highest BCUT2D eigenvalue weighted by Gasteiger charge is 2.63. The zero-order chi connectivity index (χ0) is 17.2. The third-order valence-corrected chi connectivity index (χ3v) is 8.58. The third kappa shape index (κ3) is 2.11. The Bertz CT molecular complexity index is 631. The molecule has 0 aromatic carbocycles. The van der Waals surface area contributed by atoms with E-state index in [0.717, 1.165) is 51.4 Å². The molecule has 3 fully saturated rings. The molecule has 0 radical (unpaired) electrons. The average Bonchev–Trinajstić information content (AvgIpc) is 2.80. The number of allylic oxidation sites excluding steroid dienone is 1. The Hall–Kier alpha value is -0.490. The van der Waals surface area contributed by atoms with Crippen LogP contribution in [0.2, 0.25) is 0 Å². The smallest absolute Gasteiger partial charge is 0.132 e. The molecule has 0 spiro atoms. The summed E-state index contributed by atoms with van der Waals surface area (Å²) in [6.45, 7) is 4.68. The first-order chi connectivity index (χ1) is 11.3. The molecule has 0 heterocycles. The third-order valence-electron chi connectivity index (χ3n) is 8.48. The lowest BCUT2D eigenvalue weighted by atomic mass is 9.47. The molecule has 132 valence electrons. The van der Waals surface area contributed by atoms with E-state index in [1.165, 1.54) is 5.57 Å². The average molecular weight is 349 g/mol. The topological polar surface area (TPSA) is 40.5 Å². The van der Waals surface area contributed by atoms with Crippen LogP contribution in [0.1, 0.15) is 65.2 Å². The molecule has 2 N–H and O–H groups in total. The fourth-order valence-corrected chi connectivity index (χ4v) is 7.10. The molecule has 0 aromatic rings. The highest BCUT2D eigenvalue weighted by atomic mass is 35.5. The Morgan fingerprint density at radius 3 is 2.62 bits per heavy atom. The number of rotatable bonds is 0. The number of fused-ring (bicyclic) bond motifs is 5. The summed E-state index contributed by atoms with van der Waals surface area (Å²) >= 11 is 5.67. The zero-order valence-electron chi connectivity index (χ0n) is 14.8. The number of halogens is 1. The first-order valence-electron chi connectivity index (χ1n) is 9.57. The Kier molecular flexibility index (Phi) is 3.89. The van der Waals surface area contributed by atoms with Gasteiger partial charge in [-0.25, -0.2) is 0 Å². The van der Waals surface area contributed by atoms with E-state index in [1.54, 1.807) is 0 Å². The maximum Gasteiger partial charge on any atom is 0.132 e. The zero-order valence-corrected chi connectivity index (χ0v) is 15.6. The molecule has 0 aliphatic heterocycles. The van der Waals surface area contributed by atoms with Crippen LogP contribution in [0.25, 0.3) is 0 Å². The van der Waals surface area contributed by atoms with Gasteiger partial charge in [-0.2, -0.15) is 0 Å². The predicted octanol–water partition coefficient (Wildman–Crippen LogP) is 4.24. The summed E-state index contributed by atoms with van der Waals surface area (Å²) in [7, 11) is 0. The van der Waals surface area contributed by atoms with Gasteiger partial charge in [0.05, 0.1) is 6.10 Å². The van der Waals surface area contributed by atoms with E-state index < -0.39 is 5.60 Å². The Morgan fingerprint density at radius 1 is 1.12 bits per heavy atom. The normalized spacial score (nSPS) is 53.1. The Morgan fingerprint density at radius 2 is 1.88 bits per heavy atom. The number of aliphatic hydroxyl groups excluding tert-OH is 1. The van der Waals surface area contributed by atoms with E-state index in [4.69, 9.17) is 11.6 Å². The Balaban J connectivity index is 1.69. The molecule has 0 saturated heterocycles. The van der Waals surface area contributed by atoms with Crippen LogP contribution in [0.4, 0.5) is 0 Å². The van der Waals surface area contributed by atoms with E-state index in [2.05, 4.69) is 31.2 Å². The standard InChI is InChI=1S/C21H29ClO2/c1-19-8-5-15(23)13-14(19)3-4-16-17(19)6-9-20(2)18(16)7-10-21(20,24)11-12-22/h3,15-18,23-24H,4-10,13H2,1-2H3/t15-,16-,17+,18-,19-,20-,21-/m1/s1. The van der Waals surface area contributed by atoms with Crippen molar-refractivity contribution >= 4 is 11.6 Å². The van der Waals surface area contributed by atoms with Crippen molar-refractivity contribution in [2.24, 2.45) is 28.6 Å². The monoisotopic (exact) mass is 348 g/mol. The molecule has 24 heavy (non-hydrogen) atoms. The summed E-state index contributed by atoms with van der Waals surface area (Å²) in [5, 5.41) is 23.7. The SMILES string of the molecule is C[C@@]12CC[C@@H](O)CC1=CC[C@H]1[C@H]3CC[C@@](O)(C#CCl)[C@]3(C)CC[C@@H]12. The van der Waals surface area contributed by atoms with Gasteiger partial charge in [0.15, 0.2) is 0 Å². The van der Waals surface area contributed by atoms with Gasteiger partial charge in [0.2, 0.25) is 0 Å². The summed E-state index contributed by atoms with van der Waals surface area (Å²) in [4.78, 5) is 0. The van der Waals surface area contributed by atoms with E-state index in [9.17, 15) is 10.2 Å². The lowest BCUT2D eigenvalue weighted by Crippen LogP contribution is -2.54. The molecular weight excluding hydrogens is 320 g/mol. The van der Waals surface area contributed by atoms with Gasteiger partial charge in [-0.05, 0) is 86.1 Å². The predicted molar refractivity (Wildman–Crippen MR) is 96.3 cm³/mol. The molecule has 2 nitrogen and oxygen atoms in total. The van der Waals surface area contributed by atoms with Crippen molar-refractivity contribution in [3.8, 4) is 11.3 Å². The van der Waals surface area contributed by atoms with Gasteiger partial charge in [0.25, 0.3) is 0 Å². The van der Waals surface area contributed by atoms with E-state index >= 15 is 0 Å². The van der Waals surface area contributed by atoms with Crippen molar-refractivity contribution in [3.05, 3.63) is 11.6 Å². The van der Waals surface area contributed by atoms with Crippen molar-refractivity contribution < 1.29 is 10.2 Å². The molecule has 7 atom stereocenters. The maximum absolute atomic E-state index is 11.2. The second kappa shape index (κ2) is 5.50. The summed E-state index contributed by atoms with van der Waals surface area (Å²) in [5.41, 5.74) is 0.701. The number of hydrogen-bond acceptors (Lipinski definition) is 2. The second-order valence-corrected chi connectivity index (χ2v) is 9.42. The van der Waals surface area contributed by atoms with E-state index in [1.807, 2.05) is 0 Å². The van der Waals surface area contributed by atoms with Crippen molar-refractivity contribution in [3.63, 3.8) is 0 Å². The van der Waals surface area contributed by atoms with Crippen LogP contribution in [0, 0.1) is 39.9 Å². The molecule has 0 aromatic heterocycles. The summed E-state index contributed by atoms with van der Waals surface area (Å²) in [6, 6.07) is 0. The molecule has 3 saturated carbocycles. The summed E-state index contributed by atoms with van der Waals surface area (Å²) in [5.74, 6) is 4.81. The van der Waals surface area contributed by atoms with Crippen LogP contribution >= 0.6 is 11.6 Å². The van der Waals surface area contributed by atoms with Crippen LogP contribution in [0.3, 0.4) is 0 Å². The van der Waals surface area contributed by atoms with Crippen LogP contribution in [-0.4, -0.2) is 21.9 Å². The molecular formula is C21H29ClO2. The van der Waals surface area contributed by atoms with E-state index in [-0.39, 0.29) is 16.9 Å². The van der Waals surface area contributed by atoms with Gasteiger partial charge in [-0.15, -0.1) is 0 Å². The molecule has 4 rings (SSSR count).